The first kappa shape index (κ1) is 21.1. The predicted molar refractivity (Wildman–Crippen MR) is 123 cm³/mol. The standard InChI is InChI=1S/C25H32N4O3/c1-27-11-9-20(10-12-27)26-22-7-8-23-19-13-18(15-29(23)25(22)31)14-28(16-19)24(30)17-32-21-5-3-2-4-6-21/h2-8,18-20,26H,9-17H2,1H3/p+1/t18-,19+/m0/s1. The third-order valence-corrected chi connectivity index (χ3v) is 7.26. The van der Waals surface area contributed by atoms with Crippen LogP contribution in [0.25, 0.3) is 0 Å². The van der Waals surface area contributed by atoms with Gasteiger partial charge >= 0.3 is 0 Å². The molecule has 0 saturated carbocycles. The number of pyridine rings is 1. The van der Waals surface area contributed by atoms with Crippen LogP contribution in [0.15, 0.2) is 47.3 Å². The van der Waals surface area contributed by atoms with Gasteiger partial charge in [-0.05, 0) is 36.6 Å². The molecule has 32 heavy (non-hydrogen) atoms. The highest BCUT2D eigenvalue weighted by atomic mass is 16.5. The number of anilines is 1. The highest BCUT2D eigenvalue weighted by Gasteiger charge is 2.37. The van der Waals surface area contributed by atoms with E-state index in [1.54, 1.807) is 4.90 Å². The van der Waals surface area contributed by atoms with Crippen LogP contribution >= 0.6 is 0 Å². The molecule has 2 saturated heterocycles. The van der Waals surface area contributed by atoms with Gasteiger partial charge in [0, 0.05) is 50.1 Å². The fourth-order valence-electron chi connectivity index (χ4n) is 5.49. The number of quaternary nitrogens is 1. The number of carbonyl (C=O) groups excluding carboxylic acids is 1. The second-order valence-electron chi connectivity index (χ2n) is 9.66. The van der Waals surface area contributed by atoms with Gasteiger partial charge in [-0.1, -0.05) is 18.2 Å². The number of fused-ring (bicyclic) bond motifs is 4. The number of amides is 1. The molecule has 2 atom stereocenters. The van der Waals surface area contributed by atoms with Gasteiger partial charge in [0.1, 0.15) is 11.4 Å². The predicted octanol–water partition coefficient (Wildman–Crippen LogP) is 0.962. The van der Waals surface area contributed by atoms with Crippen molar-refractivity contribution in [2.45, 2.75) is 37.8 Å². The zero-order chi connectivity index (χ0) is 22.1. The Kier molecular flexibility index (Phi) is 5.91. The lowest BCUT2D eigenvalue weighted by Gasteiger charge is -2.43. The number of hydrogen-bond acceptors (Lipinski definition) is 4. The highest BCUT2D eigenvalue weighted by molar-refractivity contribution is 5.78. The molecule has 5 rings (SSSR count). The van der Waals surface area contributed by atoms with Gasteiger partial charge in [0.05, 0.1) is 20.1 Å². The minimum absolute atomic E-state index is 0.0158. The fraction of sp³-hybridized carbons (Fsp3) is 0.520. The zero-order valence-electron chi connectivity index (χ0n) is 18.8. The maximum absolute atomic E-state index is 13.3. The van der Waals surface area contributed by atoms with E-state index in [-0.39, 0.29) is 24.0 Å². The first-order valence-corrected chi connectivity index (χ1v) is 11.8. The Morgan fingerprint density at radius 1 is 1.09 bits per heavy atom. The van der Waals surface area contributed by atoms with Gasteiger partial charge in [-0.2, -0.15) is 0 Å². The van der Waals surface area contributed by atoms with Gasteiger partial charge in [0.15, 0.2) is 6.61 Å². The molecule has 1 aromatic carbocycles. The summed E-state index contributed by atoms with van der Waals surface area (Å²) in [5.74, 6) is 1.24. The Morgan fingerprint density at radius 2 is 1.88 bits per heavy atom. The summed E-state index contributed by atoms with van der Waals surface area (Å²) in [6.07, 6.45) is 3.23. The van der Waals surface area contributed by atoms with E-state index in [1.165, 1.54) is 0 Å². The van der Waals surface area contributed by atoms with Crippen molar-refractivity contribution in [3.63, 3.8) is 0 Å². The van der Waals surface area contributed by atoms with E-state index in [2.05, 4.69) is 18.4 Å². The maximum atomic E-state index is 13.3. The van der Waals surface area contributed by atoms with Gasteiger partial charge < -0.3 is 24.4 Å². The SMILES string of the molecule is C[NH+]1CCC(Nc2ccc3n(c2=O)C[C@H]2C[C@@H]3CN(C(=O)COc3ccccc3)C2)CC1. The summed E-state index contributed by atoms with van der Waals surface area (Å²) in [7, 11) is 2.23. The van der Waals surface area contributed by atoms with Crippen LogP contribution in [0.1, 0.15) is 30.9 Å². The number of carbonyl (C=O) groups is 1. The molecule has 0 aliphatic carbocycles. The molecule has 7 nitrogen and oxygen atoms in total. The molecule has 0 spiro atoms. The van der Waals surface area contributed by atoms with E-state index in [0.29, 0.717) is 37.3 Å². The molecule has 1 amide bonds. The lowest BCUT2D eigenvalue weighted by molar-refractivity contribution is -0.884. The van der Waals surface area contributed by atoms with Crippen LogP contribution in [0, 0.1) is 5.92 Å². The summed E-state index contributed by atoms with van der Waals surface area (Å²) in [5, 5.41) is 3.52. The zero-order valence-corrected chi connectivity index (χ0v) is 18.8. The van der Waals surface area contributed by atoms with Crippen LogP contribution in [0.3, 0.4) is 0 Å². The summed E-state index contributed by atoms with van der Waals surface area (Å²) in [5.41, 5.74) is 1.88. The van der Waals surface area contributed by atoms with E-state index in [1.807, 2.05) is 45.9 Å². The first-order chi connectivity index (χ1) is 15.6. The lowest BCUT2D eigenvalue weighted by atomic mass is 9.83. The molecule has 2 fully saturated rings. The van der Waals surface area contributed by atoms with E-state index >= 15 is 0 Å². The third kappa shape index (κ3) is 4.39. The van der Waals surface area contributed by atoms with E-state index in [9.17, 15) is 9.59 Å². The molecule has 3 aliphatic heterocycles. The van der Waals surface area contributed by atoms with Crippen molar-refractivity contribution < 1.29 is 14.4 Å². The Morgan fingerprint density at radius 3 is 2.66 bits per heavy atom. The molecule has 3 aliphatic rings. The largest absolute Gasteiger partial charge is 0.484 e. The van der Waals surface area contributed by atoms with E-state index in [0.717, 1.165) is 43.7 Å². The quantitative estimate of drug-likeness (QED) is 0.731. The summed E-state index contributed by atoms with van der Waals surface area (Å²) in [6.45, 7) is 4.36. The molecular formula is C25H33N4O3+. The number of likely N-dealkylation sites (tertiary alicyclic amines) is 2. The Hall–Kier alpha value is -2.80. The minimum atomic E-state index is 0.0158. The molecule has 2 N–H and O–H groups in total. The van der Waals surface area contributed by atoms with Crippen LogP contribution in [0.4, 0.5) is 5.69 Å². The van der Waals surface area contributed by atoms with Crippen LogP contribution in [0.5, 0.6) is 5.75 Å². The number of aromatic nitrogens is 1. The van der Waals surface area contributed by atoms with Crippen molar-refractivity contribution >= 4 is 11.6 Å². The van der Waals surface area contributed by atoms with Gasteiger partial charge in [-0.15, -0.1) is 0 Å². The van der Waals surface area contributed by atoms with Crippen molar-refractivity contribution in [2.75, 3.05) is 45.2 Å². The normalized spacial score (nSPS) is 26.8. The van der Waals surface area contributed by atoms with Crippen molar-refractivity contribution in [3.8, 4) is 5.75 Å². The number of piperidine rings is 2. The van der Waals surface area contributed by atoms with Crippen molar-refractivity contribution in [2.24, 2.45) is 5.92 Å². The number of hydrogen-bond donors (Lipinski definition) is 2. The first-order valence-electron chi connectivity index (χ1n) is 11.8. The summed E-state index contributed by atoms with van der Waals surface area (Å²) >= 11 is 0. The topological polar surface area (TPSA) is 68.0 Å². The number of nitrogens with one attached hydrogen (secondary N) is 2. The maximum Gasteiger partial charge on any atom is 0.274 e. The Balaban J connectivity index is 1.26. The van der Waals surface area contributed by atoms with Crippen LogP contribution in [-0.2, 0) is 11.3 Å². The summed E-state index contributed by atoms with van der Waals surface area (Å²) in [4.78, 5) is 29.5. The lowest BCUT2D eigenvalue weighted by Crippen LogP contribution is -3.10. The van der Waals surface area contributed by atoms with Crippen LogP contribution in [-0.4, -0.2) is 61.2 Å². The molecule has 170 valence electrons. The molecular weight excluding hydrogens is 404 g/mol. The number of benzene rings is 1. The second kappa shape index (κ2) is 8.98. The Labute approximate surface area is 189 Å². The average Bonchev–Trinajstić information content (AvgIpc) is 2.81. The number of nitrogens with zero attached hydrogens (tertiary/aromatic N) is 2. The minimum Gasteiger partial charge on any atom is -0.484 e. The van der Waals surface area contributed by atoms with Gasteiger partial charge in [-0.25, -0.2) is 0 Å². The van der Waals surface area contributed by atoms with Crippen molar-refractivity contribution in [3.05, 3.63) is 58.5 Å². The highest BCUT2D eigenvalue weighted by Crippen LogP contribution is 2.35. The molecule has 4 heterocycles. The number of ether oxygens (including phenoxy) is 1. The summed E-state index contributed by atoms with van der Waals surface area (Å²) < 4.78 is 7.63. The van der Waals surface area contributed by atoms with Crippen LogP contribution in [0.2, 0.25) is 0 Å². The number of para-hydroxylation sites is 1. The van der Waals surface area contributed by atoms with Gasteiger partial charge in [-0.3, -0.25) is 9.59 Å². The molecule has 7 heteroatoms. The second-order valence-corrected chi connectivity index (χ2v) is 9.66. The monoisotopic (exact) mass is 437 g/mol. The van der Waals surface area contributed by atoms with Crippen molar-refractivity contribution in [1.82, 2.24) is 9.47 Å². The van der Waals surface area contributed by atoms with Crippen LogP contribution < -0.4 is 20.5 Å². The fourth-order valence-corrected chi connectivity index (χ4v) is 5.49. The van der Waals surface area contributed by atoms with Gasteiger partial charge in [0.25, 0.3) is 11.5 Å². The van der Waals surface area contributed by atoms with Gasteiger partial charge in [0.2, 0.25) is 0 Å². The average molecular weight is 438 g/mol. The third-order valence-electron chi connectivity index (χ3n) is 7.26. The molecule has 1 aromatic heterocycles. The smallest absolute Gasteiger partial charge is 0.274 e. The molecule has 2 bridgehead atoms. The molecule has 2 aromatic rings. The van der Waals surface area contributed by atoms with Crippen molar-refractivity contribution in [1.29, 1.82) is 0 Å². The Bertz CT molecular complexity index is 1010. The van der Waals surface area contributed by atoms with E-state index < -0.39 is 0 Å². The number of rotatable bonds is 5. The summed E-state index contributed by atoms with van der Waals surface area (Å²) in [6, 6.07) is 13.9. The molecule has 0 unspecified atom stereocenters. The van der Waals surface area contributed by atoms with E-state index in [4.69, 9.17) is 4.74 Å². The molecule has 0 radical (unpaired) electrons.